The Bertz CT molecular complexity index is 846. The number of hydrogen-bond acceptors (Lipinski definition) is 5. The predicted octanol–water partition coefficient (Wildman–Crippen LogP) is 2.59. The number of aromatic nitrogens is 3. The van der Waals surface area contributed by atoms with E-state index in [-0.39, 0.29) is 12.4 Å². The van der Waals surface area contributed by atoms with Gasteiger partial charge in [-0.15, -0.1) is 0 Å². The minimum atomic E-state index is -0.717. The van der Waals surface area contributed by atoms with E-state index in [1.54, 1.807) is 42.9 Å². The zero-order valence-electron chi connectivity index (χ0n) is 13.9. The Morgan fingerprint density at radius 3 is 2.92 bits per heavy atom. The van der Waals surface area contributed by atoms with E-state index in [0.29, 0.717) is 17.9 Å². The van der Waals surface area contributed by atoms with Crippen molar-refractivity contribution in [2.24, 2.45) is 0 Å². The van der Waals surface area contributed by atoms with Crippen LogP contribution in [0.15, 0.2) is 61.2 Å². The topological polar surface area (TPSA) is 77.2 Å². The first-order valence-electron chi connectivity index (χ1n) is 7.97. The van der Waals surface area contributed by atoms with Gasteiger partial charge in [0.15, 0.2) is 5.78 Å². The first kappa shape index (κ1) is 16.9. The van der Waals surface area contributed by atoms with Crippen LogP contribution in [0.3, 0.4) is 0 Å². The maximum absolute atomic E-state index is 11.4. The number of ketones is 1. The highest BCUT2D eigenvalue weighted by atomic mass is 16.5. The number of benzene rings is 1. The number of pyridine rings is 1. The molecule has 0 saturated carbocycles. The molecule has 3 rings (SSSR count). The van der Waals surface area contributed by atoms with Crippen LogP contribution in [0.25, 0.3) is 11.4 Å². The van der Waals surface area contributed by atoms with Crippen LogP contribution in [0, 0.1) is 0 Å². The van der Waals surface area contributed by atoms with Crippen molar-refractivity contribution in [2.45, 2.75) is 19.6 Å². The summed E-state index contributed by atoms with van der Waals surface area (Å²) in [5.41, 5.74) is 1.47. The third-order valence-electron chi connectivity index (χ3n) is 3.73. The van der Waals surface area contributed by atoms with Crippen molar-refractivity contribution in [3.63, 3.8) is 0 Å². The number of imidazole rings is 1. The molecule has 128 valence electrons. The number of nitrogens with zero attached hydrogens (tertiary/aromatic N) is 3. The summed E-state index contributed by atoms with van der Waals surface area (Å²) in [4.78, 5) is 19.8. The van der Waals surface area contributed by atoms with Crippen molar-refractivity contribution in [1.82, 2.24) is 14.5 Å². The molecule has 6 heteroatoms. The van der Waals surface area contributed by atoms with Crippen LogP contribution >= 0.6 is 0 Å². The van der Waals surface area contributed by atoms with Crippen LogP contribution in [0.4, 0.5) is 0 Å². The Hall–Kier alpha value is -2.99. The first-order valence-corrected chi connectivity index (χ1v) is 7.97. The predicted molar refractivity (Wildman–Crippen MR) is 93.4 cm³/mol. The first-order chi connectivity index (χ1) is 12.1. The summed E-state index contributed by atoms with van der Waals surface area (Å²) in [5.74, 6) is 1.28. The average molecular weight is 337 g/mol. The van der Waals surface area contributed by atoms with Gasteiger partial charge in [0.05, 0.1) is 6.54 Å². The molecule has 0 aliphatic carbocycles. The number of carbonyl (C=O) groups excluding carboxylic acids is 1. The molecule has 0 radical (unpaired) electrons. The Kier molecular flexibility index (Phi) is 5.20. The highest BCUT2D eigenvalue weighted by molar-refractivity contribution is 5.94. The summed E-state index contributed by atoms with van der Waals surface area (Å²) in [6, 6.07) is 10.7. The summed E-state index contributed by atoms with van der Waals surface area (Å²) in [6.45, 7) is 1.97. The van der Waals surface area contributed by atoms with Crippen LogP contribution in [0.1, 0.15) is 17.3 Å². The maximum atomic E-state index is 11.4. The largest absolute Gasteiger partial charge is 0.491 e. The van der Waals surface area contributed by atoms with Crippen LogP contribution in [0.2, 0.25) is 0 Å². The lowest BCUT2D eigenvalue weighted by atomic mass is 10.1. The van der Waals surface area contributed by atoms with Gasteiger partial charge in [-0.25, -0.2) is 4.98 Å². The van der Waals surface area contributed by atoms with Crippen LogP contribution in [0.5, 0.6) is 5.75 Å². The van der Waals surface area contributed by atoms with E-state index >= 15 is 0 Å². The Labute approximate surface area is 145 Å². The molecule has 3 aromatic rings. The lowest BCUT2D eigenvalue weighted by Gasteiger charge is -2.15. The lowest BCUT2D eigenvalue weighted by Crippen LogP contribution is -2.23. The summed E-state index contributed by atoms with van der Waals surface area (Å²) in [6.07, 6.45) is 6.21. The van der Waals surface area contributed by atoms with E-state index in [0.717, 1.165) is 11.4 Å². The number of rotatable bonds is 7. The fraction of sp³-hybridized carbons (Fsp3) is 0.211. The highest BCUT2D eigenvalue weighted by Crippen LogP contribution is 2.17. The van der Waals surface area contributed by atoms with E-state index in [9.17, 15) is 9.90 Å². The third kappa shape index (κ3) is 4.30. The normalized spacial score (nSPS) is 11.9. The number of carbonyl (C=O) groups is 1. The van der Waals surface area contributed by atoms with Crippen molar-refractivity contribution in [3.05, 3.63) is 66.7 Å². The summed E-state index contributed by atoms with van der Waals surface area (Å²) in [7, 11) is 0. The number of ether oxygens (including phenoxy) is 1. The summed E-state index contributed by atoms with van der Waals surface area (Å²) >= 11 is 0. The Morgan fingerprint density at radius 1 is 1.28 bits per heavy atom. The van der Waals surface area contributed by atoms with Crippen molar-refractivity contribution < 1.29 is 14.6 Å². The summed E-state index contributed by atoms with van der Waals surface area (Å²) < 4.78 is 7.46. The Balaban J connectivity index is 1.62. The van der Waals surface area contributed by atoms with Gasteiger partial charge in [0, 0.05) is 35.9 Å². The molecule has 2 heterocycles. The quantitative estimate of drug-likeness (QED) is 0.671. The van der Waals surface area contributed by atoms with Gasteiger partial charge in [-0.2, -0.15) is 0 Å². The molecule has 6 nitrogen and oxygen atoms in total. The van der Waals surface area contributed by atoms with Gasteiger partial charge in [0.2, 0.25) is 0 Å². The molecule has 0 bridgehead atoms. The Morgan fingerprint density at radius 2 is 2.16 bits per heavy atom. The van der Waals surface area contributed by atoms with Crippen LogP contribution in [-0.2, 0) is 6.54 Å². The van der Waals surface area contributed by atoms with Crippen LogP contribution in [-0.4, -0.2) is 38.1 Å². The van der Waals surface area contributed by atoms with Gasteiger partial charge >= 0.3 is 0 Å². The van der Waals surface area contributed by atoms with E-state index in [1.807, 2.05) is 22.9 Å². The van der Waals surface area contributed by atoms with Gasteiger partial charge < -0.3 is 14.4 Å². The molecular formula is C19H19N3O3. The monoisotopic (exact) mass is 337 g/mol. The van der Waals surface area contributed by atoms with Gasteiger partial charge in [0.1, 0.15) is 24.3 Å². The molecule has 0 amide bonds. The highest BCUT2D eigenvalue weighted by Gasteiger charge is 2.12. The zero-order chi connectivity index (χ0) is 17.6. The molecule has 0 aliphatic rings. The molecule has 2 aromatic heterocycles. The molecule has 0 fully saturated rings. The van der Waals surface area contributed by atoms with Gasteiger partial charge in [-0.3, -0.25) is 9.78 Å². The lowest BCUT2D eigenvalue weighted by molar-refractivity contribution is 0.0927. The van der Waals surface area contributed by atoms with Gasteiger partial charge in [-0.1, -0.05) is 12.1 Å². The molecule has 1 atom stereocenters. The second-order valence-electron chi connectivity index (χ2n) is 5.69. The average Bonchev–Trinajstić information content (AvgIpc) is 3.09. The fourth-order valence-corrected chi connectivity index (χ4v) is 2.49. The number of hydrogen-bond donors (Lipinski definition) is 1. The molecule has 0 saturated heterocycles. The van der Waals surface area contributed by atoms with E-state index in [2.05, 4.69) is 9.97 Å². The van der Waals surface area contributed by atoms with Crippen molar-refractivity contribution >= 4 is 5.78 Å². The van der Waals surface area contributed by atoms with Crippen molar-refractivity contribution in [1.29, 1.82) is 0 Å². The standard InChI is InChI=1S/C19H19N3O3/c1-14(23)15-4-2-6-18(10-15)25-13-17(24)12-22-9-8-21-19(22)16-5-3-7-20-11-16/h2-11,17,24H,12-13H2,1H3. The second-order valence-corrected chi connectivity index (χ2v) is 5.69. The fourth-order valence-electron chi connectivity index (χ4n) is 2.49. The summed E-state index contributed by atoms with van der Waals surface area (Å²) in [5, 5.41) is 10.3. The van der Waals surface area contributed by atoms with Crippen molar-refractivity contribution in [2.75, 3.05) is 6.61 Å². The van der Waals surface area contributed by atoms with Gasteiger partial charge in [-0.05, 0) is 31.2 Å². The van der Waals surface area contributed by atoms with E-state index < -0.39 is 6.10 Å². The molecule has 0 spiro atoms. The van der Waals surface area contributed by atoms with E-state index in [4.69, 9.17) is 4.74 Å². The number of Topliss-reactive ketones (excluding diaryl/α,β-unsaturated/α-hetero) is 1. The SMILES string of the molecule is CC(=O)c1cccc(OCC(O)Cn2ccnc2-c2cccnc2)c1. The number of aliphatic hydroxyl groups is 1. The van der Waals surface area contributed by atoms with Gasteiger partial charge in [0.25, 0.3) is 0 Å². The smallest absolute Gasteiger partial charge is 0.159 e. The maximum Gasteiger partial charge on any atom is 0.159 e. The molecule has 1 N–H and O–H groups in total. The third-order valence-corrected chi connectivity index (χ3v) is 3.73. The molecule has 1 unspecified atom stereocenters. The minimum Gasteiger partial charge on any atom is -0.491 e. The molecule has 25 heavy (non-hydrogen) atoms. The molecule has 1 aromatic carbocycles. The molecular weight excluding hydrogens is 318 g/mol. The second kappa shape index (κ2) is 7.72. The van der Waals surface area contributed by atoms with E-state index in [1.165, 1.54) is 6.92 Å². The zero-order valence-corrected chi connectivity index (χ0v) is 13.9. The number of aliphatic hydroxyl groups excluding tert-OH is 1. The van der Waals surface area contributed by atoms with Crippen LogP contribution < -0.4 is 4.74 Å². The minimum absolute atomic E-state index is 0.0227. The van der Waals surface area contributed by atoms with Crippen molar-refractivity contribution in [3.8, 4) is 17.1 Å². The molecule has 0 aliphatic heterocycles.